The average Bonchev–Trinajstić information content (AvgIpc) is 2.84. The number of pyridine rings is 1. The van der Waals surface area contributed by atoms with Crippen molar-refractivity contribution in [3.8, 4) is 23.4 Å². The third-order valence-corrected chi connectivity index (χ3v) is 5.65. The molecule has 35 heavy (non-hydrogen) atoms. The fourth-order valence-corrected chi connectivity index (χ4v) is 3.62. The maximum Gasteiger partial charge on any atom is 0.274 e. The number of benzene rings is 2. The van der Waals surface area contributed by atoms with Crippen molar-refractivity contribution in [3.05, 3.63) is 84.7 Å². The lowest BCUT2D eigenvalue weighted by molar-refractivity contribution is -0.385. The van der Waals surface area contributed by atoms with Gasteiger partial charge in [-0.2, -0.15) is 5.26 Å². The number of rotatable bonds is 8. The van der Waals surface area contributed by atoms with Gasteiger partial charge in [-0.3, -0.25) is 24.5 Å². The minimum absolute atomic E-state index is 0.0850. The lowest BCUT2D eigenvalue weighted by Crippen LogP contribution is -2.26. The summed E-state index contributed by atoms with van der Waals surface area (Å²) in [5.74, 6) is 0.744. The van der Waals surface area contributed by atoms with Gasteiger partial charge in [0.05, 0.1) is 30.4 Å². The molecule has 0 saturated carbocycles. The molecule has 2 aromatic carbocycles. The normalized spacial score (nSPS) is 10.8. The van der Waals surface area contributed by atoms with Gasteiger partial charge in [0.2, 0.25) is 5.88 Å². The molecule has 180 valence electrons. The van der Waals surface area contributed by atoms with E-state index in [4.69, 9.17) is 9.47 Å². The molecule has 3 rings (SSSR count). The second-order valence-corrected chi connectivity index (χ2v) is 7.73. The fourth-order valence-electron chi connectivity index (χ4n) is 3.62. The zero-order chi connectivity index (χ0) is 25.7. The smallest absolute Gasteiger partial charge is 0.274 e. The van der Waals surface area contributed by atoms with Crippen LogP contribution in [0.25, 0.3) is 0 Å². The number of nitriles is 1. The molecule has 0 aliphatic rings. The quantitative estimate of drug-likeness (QED) is 0.295. The van der Waals surface area contributed by atoms with Crippen molar-refractivity contribution in [3.63, 3.8) is 0 Å². The highest BCUT2D eigenvalue weighted by molar-refractivity contribution is 5.87. The molecule has 0 spiro atoms. The zero-order valence-electron chi connectivity index (χ0n) is 19.7. The van der Waals surface area contributed by atoms with E-state index in [1.54, 1.807) is 31.2 Å². The Bertz CT molecular complexity index is 1420. The van der Waals surface area contributed by atoms with E-state index >= 15 is 0 Å². The van der Waals surface area contributed by atoms with E-state index in [-0.39, 0.29) is 34.8 Å². The molecule has 1 aromatic heterocycles. The van der Waals surface area contributed by atoms with Crippen LogP contribution in [-0.4, -0.2) is 35.0 Å². The molecule has 0 atom stereocenters. The Hall–Kier alpha value is -4.65. The summed E-state index contributed by atoms with van der Waals surface area (Å²) in [5, 5.41) is 31.7. The predicted octanol–water partition coefficient (Wildman–Crippen LogP) is 3.96. The Balaban J connectivity index is 2.00. The number of methoxy groups -OCH3 is 2. The predicted molar refractivity (Wildman–Crippen MR) is 130 cm³/mol. The first kappa shape index (κ1) is 25.0. The minimum atomic E-state index is -0.619. The molecule has 10 nitrogen and oxygen atoms in total. The summed E-state index contributed by atoms with van der Waals surface area (Å²) in [6, 6.07) is 11.7. The number of nitro benzene ring substituents is 1. The largest absolute Gasteiger partial charge is 0.494 e. The van der Waals surface area contributed by atoms with E-state index in [1.807, 2.05) is 12.1 Å². The van der Waals surface area contributed by atoms with Crippen LogP contribution in [0, 0.1) is 35.3 Å². The van der Waals surface area contributed by atoms with Crippen molar-refractivity contribution in [2.45, 2.75) is 26.8 Å². The Morgan fingerprint density at radius 3 is 2.51 bits per heavy atom. The lowest BCUT2D eigenvalue weighted by Gasteiger charge is -2.15. The van der Waals surface area contributed by atoms with Crippen molar-refractivity contribution >= 4 is 17.6 Å². The third kappa shape index (κ3) is 5.14. The van der Waals surface area contributed by atoms with Gasteiger partial charge in [-0.15, -0.1) is 0 Å². The highest BCUT2D eigenvalue weighted by atomic mass is 16.6. The number of hydrogen-bond donors (Lipinski definition) is 1. The molecule has 0 saturated heterocycles. The molecule has 0 aliphatic heterocycles. The first-order chi connectivity index (χ1) is 16.7. The Morgan fingerprint density at radius 2 is 1.89 bits per heavy atom. The van der Waals surface area contributed by atoms with Gasteiger partial charge in [-0.25, -0.2) is 0 Å². The number of hydrogen-bond acceptors (Lipinski definition) is 8. The first-order valence-corrected chi connectivity index (χ1v) is 10.6. The van der Waals surface area contributed by atoms with Gasteiger partial charge in [-0.05, 0) is 49.6 Å². The molecule has 0 radical (unpaired) electrons. The Kier molecular flexibility index (Phi) is 7.51. The fraction of sp³-hybridized carbons (Fsp3) is 0.240. The standard InChI is InChI=1S/C25H24N4O6/c1-15-5-7-18(12-21(15)29(32)33)27-14-20-16(2)19(13-26)24(30)28(25(20)31)10-9-17-6-8-22(34-3)23(11-17)35-4/h5-8,11-12,14,31H,9-10H2,1-4H3. The summed E-state index contributed by atoms with van der Waals surface area (Å²) in [6.07, 6.45) is 1.66. The van der Waals surface area contributed by atoms with Crippen molar-refractivity contribution < 1.29 is 19.5 Å². The van der Waals surface area contributed by atoms with Crippen LogP contribution in [0.15, 0.2) is 46.2 Å². The van der Waals surface area contributed by atoms with E-state index < -0.39 is 10.5 Å². The molecule has 0 bridgehead atoms. The topological polar surface area (TPSA) is 140 Å². The molecule has 1 heterocycles. The molecule has 0 unspecified atom stereocenters. The van der Waals surface area contributed by atoms with Crippen LogP contribution in [0.1, 0.15) is 27.8 Å². The number of aryl methyl sites for hydroxylation is 2. The summed E-state index contributed by atoms with van der Waals surface area (Å²) in [6.45, 7) is 3.25. The van der Waals surface area contributed by atoms with Gasteiger partial charge in [0.1, 0.15) is 11.6 Å². The van der Waals surface area contributed by atoms with Crippen molar-refractivity contribution in [2.24, 2.45) is 4.99 Å². The number of aromatic hydroxyl groups is 1. The minimum Gasteiger partial charge on any atom is -0.494 e. The number of aromatic nitrogens is 1. The van der Waals surface area contributed by atoms with E-state index in [0.717, 1.165) is 10.1 Å². The van der Waals surface area contributed by atoms with Gasteiger partial charge < -0.3 is 14.6 Å². The summed E-state index contributed by atoms with van der Waals surface area (Å²) >= 11 is 0. The summed E-state index contributed by atoms with van der Waals surface area (Å²) in [4.78, 5) is 27.8. The number of ether oxygens (including phenoxy) is 2. The second-order valence-electron chi connectivity index (χ2n) is 7.73. The molecule has 0 aliphatic carbocycles. The SMILES string of the molecule is COc1ccc(CCn2c(O)c(C=Nc3ccc(C)c([N+](=O)[O-])c3)c(C)c(C#N)c2=O)cc1OC. The molecule has 0 fully saturated rings. The maximum absolute atomic E-state index is 12.9. The van der Waals surface area contributed by atoms with Crippen LogP contribution in [0.3, 0.4) is 0 Å². The molecule has 1 N–H and O–H groups in total. The molecule has 0 amide bonds. The molecule has 3 aromatic rings. The molecular weight excluding hydrogens is 452 g/mol. The van der Waals surface area contributed by atoms with E-state index in [0.29, 0.717) is 29.2 Å². The highest BCUT2D eigenvalue weighted by Crippen LogP contribution is 2.29. The average molecular weight is 476 g/mol. The number of nitro groups is 1. The van der Waals surface area contributed by atoms with Gasteiger partial charge in [0.25, 0.3) is 11.2 Å². The van der Waals surface area contributed by atoms with Crippen LogP contribution < -0.4 is 15.0 Å². The lowest BCUT2D eigenvalue weighted by atomic mass is 10.1. The summed E-state index contributed by atoms with van der Waals surface area (Å²) < 4.78 is 11.7. The van der Waals surface area contributed by atoms with Crippen molar-refractivity contribution in [1.29, 1.82) is 5.26 Å². The van der Waals surface area contributed by atoms with Gasteiger partial charge in [0, 0.05) is 24.4 Å². The van der Waals surface area contributed by atoms with Crippen LogP contribution in [0.4, 0.5) is 11.4 Å². The molecule has 10 heteroatoms. The summed E-state index contributed by atoms with van der Waals surface area (Å²) in [7, 11) is 3.05. The van der Waals surface area contributed by atoms with Crippen LogP contribution in [0.5, 0.6) is 17.4 Å². The van der Waals surface area contributed by atoms with Crippen LogP contribution >= 0.6 is 0 Å². The highest BCUT2D eigenvalue weighted by Gasteiger charge is 2.18. The van der Waals surface area contributed by atoms with E-state index in [2.05, 4.69) is 4.99 Å². The van der Waals surface area contributed by atoms with Crippen molar-refractivity contribution in [2.75, 3.05) is 14.2 Å². The van der Waals surface area contributed by atoms with Crippen molar-refractivity contribution in [1.82, 2.24) is 4.57 Å². The van der Waals surface area contributed by atoms with E-state index in [1.165, 1.54) is 33.4 Å². The summed E-state index contributed by atoms with van der Waals surface area (Å²) in [5.41, 5.74) is 1.23. The van der Waals surface area contributed by atoms with Crippen LogP contribution in [0.2, 0.25) is 0 Å². The van der Waals surface area contributed by atoms with Gasteiger partial charge in [0.15, 0.2) is 11.5 Å². The van der Waals surface area contributed by atoms with Crippen LogP contribution in [-0.2, 0) is 13.0 Å². The second kappa shape index (κ2) is 10.5. The maximum atomic E-state index is 12.9. The Labute approximate surface area is 201 Å². The Morgan fingerprint density at radius 1 is 1.17 bits per heavy atom. The van der Waals surface area contributed by atoms with Gasteiger partial charge >= 0.3 is 0 Å². The van der Waals surface area contributed by atoms with E-state index in [9.17, 15) is 25.3 Å². The monoisotopic (exact) mass is 476 g/mol. The third-order valence-electron chi connectivity index (χ3n) is 5.65. The van der Waals surface area contributed by atoms with Gasteiger partial charge in [-0.1, -0.05) is 12.1 Å². The zero-order valence-corrected chi connectivity index (χ0v) is 19.7. The molecular formula is C25H24N4O6. The first-order valence-electron chi connectivity index (χ1n) is 10.6. The number of nitrogens with zero attached hydrogens (tertiary/aromatic N) is 4. The number of aliphatic imine (C=N–C) groups is 1.